The first-order valence-electron chi connectivity index (χ1n) is 13.9. The summed E-state index contributed by atoms with van der Waals surface area (Å²) in [5, 5.41) is 14.0. The van der Waals surface area contributed by atoms with Crippen LogP contribution in [0.5, 0.6) is 5.75 Å². The first-order valence-corrected chi connectivity index (χ1v) is 13.9. The van der Waals surface area contributed by atoms with Crippen LogP contribution in [-0.4, -0.2) is 58.2 Å². The SMILES string of the molecule is CCC1(CC)CC(=O)N([C@H](CCOC(F)F)c2cccc(C(=O)N[C@@H]3c4ccccc4OC(C)(C)[C@H]3O)c2)C(N)=N1. The van der Waals surface area contributed by atoms with Crippen molar-refractivity contribution in [1.82, 2.24) is 10.2 Å². The number of aliphatic hydroxyl groups is 1. The van der Waals surface area contributed by atoms with E-state index in [0.717, 1.165) is 0 Å². The number of hydrogen-bond acceptors (Lipinski definition) is 7. The molecule has 41 heavy (non-hydrogen) atoms. The number of carbonyl (C=O) groups is 2. The van der Waals surface area contributed by atoms with Gasteiger partial charge in [-0.25, -0.2) is 4.99 Å². The topological polar surface area (TPSA) is 126 Å². The number of benzene rings is 2. The van der Waals surface area contributed by atoms with Gasteiger partial charge in [-0.3, -0.25) is 14.5 Å². The maximum Gasteiger partial charge on any atom is 0.345 e. The summed E-state index contributed by atoms with van der Waals surface area (Å²) in [5.74, 6) is -0.170. The van der Waals surface area contributed by atoms with Gasteiger partial charge in [-0.2, -0.15) is 8.78 Å². The van der Waals surface area contributed by atoms with Gasteiger partial charge in [-0.15, -0.1) is 0 Å². The summed E-state index contributed by atoms with van der Waals surface area (Å²) in [5.41, 5.74) is 6.16. The summed E-state index contributed by atoms with van der Waals surface area (Å²) in [7, 11) is 0. The monoisotopic (exact) mass is 572 g/mol. The van der Waals surface area contributed by atoms with Crippen molar-refractivity contribution in [3.8, 4) is 5.75 Å². The molecule has 4 N–H and O–H groups in total. The Labute approximate surface area is 238 Å². The first-order chi connectivity index (χ1) is 19.4. The normalized spacial score (nSPS) is 22.0. The number of alkyl halides is 2. The summed E-state index contributed by atoms with van der Waals surface area (Å²) in [6.45, 7) is 4.05. The van der Waals surface area contributed by atoms with E-state index in [0.29, 0.717) is 29.7 Å². The molecule has 222 valence electrons. The summed E-state index contributed by atoms with van der Waals surface area (Å²) in [6, 6.07) is 12.2. The van der Waals surface area contributed by atoms with E-state index < -0.39 is 41.8 Å². The van der Waals surface area contributed by atoms with Gasteiger partial charge in [0.05, 0.1) is 30.7 Å². The van der Waals surface area contributed by atoms with Gasteiger partial charge in [0, 0.05) is 11.1 Å². The quantitative estimate of drug-likeness (QED) is 0.386. The molecule has 0 saturated carbocycles. The predicted octanol–water partition coefficient (Wildman–Crippen LogP) is 4.47. The lowest BCUT2D eigenvalue weighted by atomic mass is 9.86. The largest absolute Gasteiger partial charge is 0.485 e. The molecule has 0 fully saturated rings. The second-order valence-corrected chi connectivity index (χ2v) is 11.0. The summed E-state index contributed by atoms with van der Waals surface area (Å²) >= 11 is 0. The lowest BCUT2D eigenvalue weighted by Crippen LogP contribution is -2.53. The highest BCUT2D eigenvalue weighted by molar-refractivity contribution is 6.00. The number of aliphatic imine (C=N–C) groups is 1. The van der Waals surface area contributed by atoms with Crippen molar-refractivity contribution in [1.29, 1.82) is 0 Å². The zero-order chi connectivity index (χ0) is 29.9. The average molecular weight is 573 g/mol. The minimum absolute atomic E-state index is 0.00284. The van der Waals surface area contributed by atoms with Crippen molar-refractivity contribution in [2.75, 3.05) is 6.61 Å². The van der Waals surface area contributed by atoms with Gasteiger partial charge in [0.2, 0.25) is 5.91 Å². The molecule has 2 aromatic rings. The molecule has 0 aliphatic carbocycles. The Hall–Kier alpha value is -3.57. The third-order valence-corrected chi connectivity index (χ3v) is 8.09. The number of rotatable bonds is 10. The van der Waals surface area contributed by atoms with Crippen molar-refractivity contribution >= 4 is 17.8 Å². The molecule has 2 aliphatic rings. The van der Waals surface area contributed by atoms with E-state index in [1.54, 1.807) is 56.3 Å². The van der Waals surface area contributed by atoms with Crippen molar-refractivity contribution in [2.24, 2.45) is 10.7 Å². The van der Waals surface area contributed by atoms with Gasteiger partial charge >= 0.3 is 6.61 Å². The molecule has 0 spiro atoms. The van der Waals surface area contributed by atoms with Crippen LogP contribution in [0, 0.1) is 0 Å². The second kappa shape index (κ2) is 12.1. The lowest BCUT2D eigenvalue weighted by Gasteiger charge is -2.42. The minimum atomic E-state index is -2.97. The molecule has 0 saturated heterocycles. The van der Waals surface area contributed by atoms with Crippen molar-refractivity contribution in [3.63, 3.8) is 0 Å². The Bertz CT molecular complexity index is 1300. The fourth-order valence-electron chi connectivity index (χ4n) is 5.55. The third kappa shape index (κ3) is 6.36. The van der Waals surface area contributed by atoms with Crippen LogP contribution in [0.15, 0.2) is 53.5 Å². The molecular weight excluding hydrogens is 534 g/mol. The number of fused-ring (bicyclic) bond motifs is 1. The predicted molar refractivity (Wildman–Crippen MR) is 150 cm³/mol. The number of guanidine groups is 1. The Morgan fingerprint density at radius 3 is 2.59 bits per heavy atom. The molecule has 2 heterocycles. The number of carbonyl (C=O) groups excluding carboxylic acids is 2. The second-order valence-electron chi connectivity index (χ2n) is 11.0. The Morgan fingerprint density at radius 2 is 1.93 bits per heavy atom. The molecule has 0 bridgehead atoms. The van der Waals surface area contributed by atoms with Crippen molar-refractivity contribution in [2.45, 2.75) is 89.3 Å². The van der Waals surface area contributed by atoms with E-state index in [1.807, 2.05) is 19.9 Å². The number of nitrogens with two attached hydrogens (primary N) is 1. The van der Waals surface area contributed by atoms with Gasteiger partial charge in [-0.1, -0.05) is 44.2 Å². The first kappa shape index (κ1) is 30.4. The molecule has 4 rings (SSSR count). The van der Waals surface area contributed by atoms with Crippen LogP contribution in [0.1, 0.15) is 86.9 Å². The van der Waals surface area contributed by atoms with Crippen LogP contribution >= 0.6 is 0 Å². The Kier molecular flexibility index (Phi) is 8.98. The molecule has 11 heteroatoms. The van der Waals surface area contributed by atoms with E-state index in [1.165, 1.54) is 4.90 Å². The molecule has 2 amide bonds. The molecule has 3 atom stereocenters. The van der Waals surface area contributed by atoms with E-state index in [-0.39, 0.29) is 36.9 Å². The van der Waals surface area contributed by atoms with Gasteiger partial charge in [0.15, 0.2) is 5.96 Å². The molecular formula is C30H38F2N4O5. The van der Waals surface area contributed by atoms with Gasteiger partial charge in [0.25, 0.3) is 5.91 Å². The number of ether oxygens (including phenoxy) is 2. The zero-order valence-corrected chi connectivity index (χ0v) is 23.8. The summed E-state index contributed by atoms with van der Waals surface area (Å²) < 4.78 is 36.1. The van der Waals surface area contributed by atoms with Gasteiger partial charge < -0.3 is 25.6 Å². The molecule has 2 aliphatic heterocycles. The lowest BCUT2D eigenvalue weighted by molar-refractivity contribution is -0.137. The highest BCUT2D eigenvalue weighted by Crippen LogP contribution is 2.40. The van der Waals surface area contributed by atoms with E-state index in [4.69, 9.17) is 10.5 Å². The maximum atomic E-state index is 13.5. The van der Waals surface area contributed by atoms with Crippen LogP contribution in [0.25, 0.3) is 0 Å². The molecule has 0 radical (unpaired) electrons. The fraction of sp³-hybridized carbons (Fsp3) is 0.500. The summed E-state index contributed by atoms with van der Waals surface area (Å²) in [6.07, 6.45) is 0.336. The van der Waals surface area contributed by atoms with Crippen LogP contribution in [0.4, 0.5) is 8.78 Å². The number of halogens is 2. The van der Waals surface area contributed by atoms with E-state index >= 15 is 0 Å². The number of hydrogen-bond donors (Lipinski definition) is 3. The van der Waals surface area contributed by atoms with E-state index in [9.17, 15) is 23.5 Å². The molecule has 0 unspecified atom stereocenters. The number of para-hydroxylation sites is 1. The number of amides is 2. The van der Waals surface area contributed by atoms with Gasteiger partial charge in [0.1, 0.15) is 17.5 Å². The highest BCUT2D eigenvalue weighted by Gasteiger charge is 2.44. The van der Waals surface area contributed by atoms with Crippen LogP contribution < -0.4 is 15.8 Å². The maximum absolute atomic E-state index is 13.5. The van der Waals surface area contributed by atoms with Crippen LogP contribution in [-0.2, 0) is 9.53 Å². The molecule has 9 nitrogen and oxygen atoms in total. The standard InChI is InChI=1S/C30H38F2N4O5/c1-5-30(6-2)17-23(37)36(28(33)35-30)21(14-15-40-27(31)32)18-10-9-11-19(16-18)26(39)34-24-20-12-7-8-13-22(20)41-29(3,4)25(24)38/h7-13,16,21,24-25,27,38H,5-6,14-15,17H2,1-4H3,(H2,33,35)(H,34,39)/t21-,24-,25+/m1/s1. The van der Waals surface area contributed by atoms with Crippen LogP contribution in [0.3, 0.4) is 0 Å². The Morgan fingerprint density at radius 1 is 1.22 bits per heavy atom. The van der Waals surface area contributed by atoms with Crippen LogP contribution in [0.2, 0.25) is 0 Å². The average Bonchev–Trinajstić information content (AvgIpc) is 2.93. The number of aliphatic hydroxyl groups excluding tert-OH is 1. The molecule has 2 aromatic carbocycles. The third-order valence-electron chi connectivity index (χ3n) is 8.09. The smallest absolute Gasteiger partial charge is 0.345 e. The summed E-state index contributed by atoms with van der Waals surface area (Å²) in [4.78, 5) is 32.9. The van der Waals surface area contributed by atoms with E-state index in [2.05, 4.69) is 15.0 Å². The van der Waals surface area contributed by atoms with Crippen molar-refractivity contribution < 1.29 is 33.0 Å². The molecule has 0 aromatic heterocycles. The van der Waals surface area contributed by atoms with Crippen molar-refractivity contribution in [3.05, 3.63) is 65.2 Å². The Balaban J connectivity index is 1.65. The minimum Gasteiger partial charge on any atom is -0.485 e. The number of nitrogens with zero attached hydrogens (tertiary/aromatic N) is 2. The fourth-order valence-corrected chi connectivity index (χ4v) is 5.55. The zero-order valence-electron chi connectivity index (χ0n) is 23.8. The highest BCUT2D eigenvalue weighted by atomic mass is 19.3. The van der Waals surface area contributed by atoms with Gasteiger partial charge in [-0.05, 0) is 56.9 Å². The number of nitrogens with one attached hydrogen (secondary N) is 1.